The molecule has 1 aliphatic carbocycles. The average Bonchev–Trinajstić information content (AvgIpc) is 3.75. The van der Waals surface area contributed by atoms with Gasteiger partial charge in [-0.1, -0.05) is 6.07 Å². The van der Waals surface area contributed by atoms with Crippen molar-refractivity contribution in [3.8, 4) is 11.4 Å². The molecular weight excluding hydrogens is 460 g/mol. The number of aromatic nitrogens is 4. The Labute approximate surface area is 207 Å². The maximum atomic E-state index is 14.2. The fraction of sp³-hybridized carbons (Fsp3) is 0.333. The molecule has 0 bridgehead atoms. The van der Waals surface area contributed by atoms with Crippen LogP contribution in [0.5, 0.6) is 0 Å². The molecule has 0 amide bonds. The van der Waals surface area contributed by atoms with E-state index in [9.17, 15) is 8.78 Å². The molecule has 4 heterocycles. The van der Waals surface area contributed by atoms with Gasteiger partial charge in [-0.05, 0) is 80.9 Å². The van der Waals surface area contributed by atoms with Gasteiger partial charge in [0.2, 0.25) is 0 Å². The van der Waals surface area contributed by atoms with Gasteiger partial charge in [0.05, 0.1) is 11.7 Å². The zero-order chi connectivity index (χ0) is 24.5. The lowest BCUT2D eigenvalue weighted by Gasteiger charge is -2.20. The number of benzene rings is 1. The number of rotatable bonds is 6. The molecule has 4 aromatic rings. The smallest absolute Gasteiger partial charge is 0.162 e. The molecule has 1 unspecified atom stereocenters. The van der Waals surface area contributed by atoms with Gasteiger partial charge in [0.15, 0.2) is 5.82 Å². The Morgan fingerprint density at radius 2 is 1.81 bits per heavy atom. The van der Waals surface area contributed by atoms with E-state index in [1.165, 1.54) is 23.8 Å². The molecule has 1 saturated heterocycles. The Balaban J connectivity index is 1.40. The van der Waals surface area contributed by atoms with Crippen molar-refractivity contribution in [3.63, 3.8) is 0 Å². The van der Waals surface area contributed by atoms with E-state index in [1.54, 1.807) is 24.5 Å². The monoisotopic (exact) mass is 487 g/mol. The summed E-state index contributed by atoms with van der Waals surface area (Å²) in [5.41, 5.74) is 2.42. The van der Waals surface area contributed by atoms with Gasteiger partial charge < -0.3 is 16.0 Å². The van der Waals surface area contributed by atoms with Crippen LogP contribution in [-0.4, -0.2) is 39.1 Å². The third-order valence-electron chi connectivity index (χ3n) is 6.80. The van der Waals surface area contributed by atoms with E-state index >= 15 is 0 Å². The van der Waals surface area contributed by atoms with Gasteiger partial charge in [-0.2, -0.15) is 0 Å². The number of halogens is 2. The van der Waals surface area contributed by atoms with Crippen LogP contribution < -0.4 is 16.0 Å². The minimum absolute atomic E-state index is 0.246. The molecule has 1 atom stereocenters. The van der Waals surface area contributed by atoms with Crippen LogP contribution in [0.1, 0.15) is 43.6 Å². The number of para-hydroxylation sites is 1. The van der Waals surface area contributed by atoms with Crippen LogP contribution in [0.4, 0.5) is 26.1 Å². The second-order valence-electron chi connectivity index (χ2n) is 9.47. The van der Waals surface area contributed by atoms with E-state index in [-0.39, 0.29) is 5.69 Å². The Kier molecular flexibility index (Phi) is 6.14. The molecule has 0 spiro atoms. The van der Waals surface area contributed by atoms with E-state index in [1.807, 2.05) is 6.20 Å². The van der Waals surface area contributed by atoms with Crippen molar-refractivity contribution in [1.82, 2.24) is 25.3 Å². The van der Waals surface area contributed by atoms with E-state index in [0.717, 1.165) is 61.9 Å². The number of hydrogen-bond acceptors (Lipinski definition) is 7. The summed E-state index contributed by atoms with van der Waals surface area (Å²) in [6, 6.07) is 7.53. The highest BCUT2D eigenvalue weighted by Gasteiger charge is 2.28. The predicted octanol–water partition coefficient (Wildman–Crippen LogP) is 5.54. The summed E-state index contributed by atoms with van der Waals surface area (Å²) in [5, 5.41) is 11.0. The third-order valence-corrected chi connectivity index (χ3v) is 6.80. The first kappa shape index (κ1) is 22.7. The van der Waals surface area contributed by atoms with Crippen molar-refractivity contribution >= 4 is 28.2 Å². The van der Waals surface area contributed by atoms with Gasteiger partial charge in [-0.3, -0.25) is 4.98 Å². The molecule has 3 N–H and O–H groups in total. The van der Waals surface area contributed by atoms with Gasteiger partial charge in [-0.15, -0.1) is 0 Å². The average molecular weight is 488 g/mol. The van der Waals surface area contributed by atoms with Crippen molar-refractivity contribution in [2.24, 2.45) is 0 Å². The molecule has 3 aromatic heterocycles. The molecule has 1 aliphatic heterocycles. The van der Waals surface area contributed by atoms with Gasteiger partial charge in [-0.25, -0.2) is 23.7 Å². The fourth-order valence-electron chi connectivity index (χ4n) is 4.79. The maximum absolute atomic E-state index is 14.2. The fourth-order valence-corrected chi connectivity index (χ4v) is 4.79. The Bertz CT molecular complexity index is 1380. The summed E-state index contributed by atoms with van der Waals surface area (Å²) in [5.74, 6) is 0.747. The standard InChI is InChI=1S/C27H27F2N7/c28-20-4-1-5-21(29)25(20)35-23-13-17(8-12-32-23)26-34-22-15-31-14-19(16-6-7-16)24(22)27(36-26)33-18-3-2-10-30-11-9-18/h1,4-5,8,12-16,18,30H,2-3,6-7,9-11H2,(H,32,35)(H,33,34,36). The molecule has 36 heavy (non-hydrogen) atoms. The van der Waals surface area contributed by atoms with E-state index in [4.69, 9.17) is 9.97 Å². The van der Waals surface area contributed by atoms with Crippen LogP contribution in [0.2, 0.25) is 0 Å². The van der Waals surface area contributed by atoms with E-state index in [2.05, 4.69) is 25.9 Å². The Morgan fingerprint density at radius 3 is 2.64 bits per heavy atom. The number of fused-ring (bicyclic) bond motifs is 1. The minimum atomic E-state index is -0.688. The molecule has 1 aromatic carbocycles. The van der Waals surface area contributed by atoms with Gasteiger partial charge in [0, 0.05) is 29.4 Å². The second-order valence-corrected chi connectivity index (χ2v) is 9.47. The summed E-state index contributed by atoms with van der Waals surface area (Å²) < 4.78 is 28.3. The minimum Gasteiger partial charge on any atom is -0.367 e. The maximum Gasteiger partial charge on any atom is 0.162 e. The van der Waals surface area contributed by atoms with Gasteiger partial charge >= 0.3 is 0 Å². The zero-order valence-corrected chi connectivity index (χ0v) is 19.8. The molecule has 1 saturated carbocycles. The predicted molar refractivity (Wildman–Crippen MR) is 136 cm³/mol. The Hall–Kier alpha value is -3.72. The van der Waals surface area contributed by atoms with Crippen molar-refractivity contribution < 1.29 is 8.78 Å². The first-order valence-corrected chi connectivity index (χ1v) is 12.5. The molecule has 2 fully saturated rings. The lowest BCUT2D eigenvalue weighted by Crippen LogP contribution is -2.22. The van der Waals surface area contributed by atoms with Crippen LogP contribution in [-0.2, 0) is 0 Å². The van der Waals surface area contributed by atoms with Crippen LogP contribution in [0.25, 0.3) is 22.3 Å². The number of hydrogen-bond donors (Lipinski definition) is 3. The zero-order valence-electron chi connectivity index (χ0n) is 19.8. The van der Waals surface area contributed by atoms with Gasteiger partial charge in [0.1, 0.15) is 29.0 Å². The summed E-state index contributed by atoms with van der Waals surface area (Å²) in [6.45, 7) is 2.00. The van der Waals surface area contributed by atoms with Crippen LogP contribution in [0, 0.1) is 11.6 Å². The first-order chi connectivity index (χ1) is 17.7. The largest absolute Gasteiger partial charge is 0.367 e. The molecule has 9 heteroatoms. The molecule has 6 rings (SSSR count). The summed E-state index contributed by atoms with van der Waals surface area (Å²) in [6.07, 6.45) is 10.8. The summed E-state index contributed by atoms with van der Waals surface area (Å²) in [7, 11) is 0. The lowest BCUT2D eigenvalue weighted by molar-refractivity contribution is 0.590. The quantitative estimate of drug-likeness (QED) is 0.329. The van der Waals surface area contributed by atoms with Crippen molar-refractivity contribution in [3.05, 3.63) is 66.1 Å². The van der Waals surface area contributed by atoms with E-state index in [0.29, 0.717) is 29.2 Å². The molecular formula is C27H27F2N7. The van der Waals surface area contributed by atoms with E-state index < -0.39 is 11.6 Å². The second kappa shape index (κ2) is 9.73. The van der Waals surface area contributed by atoms with Crippen LogP contribution in [0.3, 0.4) is 0 Å². The van der Waals surface area contributed by atoms with Crippen molar-refractivity contribution in [1.29, 1.82) is 0 Å². The molecule has 2 aliphatic rings. The molecule has 7 nitrogen and oxygen atoms in total. The van der Waals surface area contributed by atoms with Crippen LogP contribution >= 0.6 is 0 Å². The number of nitrogens with one attached hydrogen (secondary N) is 3. The lowest BCUT2D eigenvalue weighted by atomic mass is 10.1. The highest BCUT2D eigenvalue weighted by molar-refractivity contribution is 5.93. The third kappa shape index (κ3) is 4.70. The topological polar surface area (TPSA) is 87.7 Å². The molecule has 184 valence electrons. The summed E-state index contributed by atoms with van der Waals surface area (Å²) >= 11 is 0. The SMILES string of the molecule is Fc1cccc(F)c1Nc1cc(-c2nc(NC3CCCNCC3)c3c(C4CC4)cncc3n2)ccn1. The summed E-state index contributed by atoms with van der Waals surface area (Å²) in [4.78, 5) is 18.5. The van der Waals surface area contributed by atoms with Crippen molar-refractivity contribution in [2.75, 3.05) is 23.7 Å². The number of pyridine rings is 2. The number of anilines is 3. The first-order valence-electron chi connectivity index (χ1n) is 12.5. The van der Waals surface area contributed by atoms with Crippen molar-refractivity contribution in [2.45, 2.75) is 44.1 Å². The van der Waals surface area contributed by atoms with Crippen LogP contribution in [0.15, 0.2) is 48.9 Å². The van der Waals surface area contributed by atoms with Gasteiger partial charge in [0.25, 0.3) is 0 Å². The highest BCUT2D eigenvalue weighted by atomic mass is 19.1. The highest BCUT2D eigenvalue weighted by Crippen LogP contribution is 2.44. The Morgan fingerprint density at radius 1 is 0.944 bits per heavy atom. The molecule has 0 radical (unpaired) electrons. The normalized spacial score (nSPS) is 18.1. The number of nitrogens with zero attached hydrogens (tertiary/aromatic N) is 4.